The van der Waals surface area contributed by atoms with Crippen LogP contribution >= 0.6 is 47.8 Å². The van der Waals surface area contributed by atoms with Crippen LogP contribution in [-0.4, -0.2) is 27.1 Å². The average Bonchev–Trinajstić information content (AvgIpc) is 3.18. The summed E-state index contributed by atoms with van der Waals surface area (Å²) in [6.45, 7) is 6.26. The highest BCUT2D eigenvalue weighted by molar-refractivity contribution is 9.24. The molecule has 0 saturated heterocycles. The molecule has 3 fully saturated rings. The van der Waals surface area contributed by atoms with Crippen molar-refractivity contribution >= 4 is 70.5 Å². The van der Waals surface area contributed by atoms with Crippen LogP contribution in [0.15, 0.2) is 36.4 Å². The molecule has 0 amide bonds. The highest BCUT2D eigenvalue weighted by atomic mass is 79.9. The summed E-state index contributed by atoms with van der Waals surface area (Å²) in [6, 6.07) is 11.1. The number of carbonyl (C=O) groups excluding carboxylic acids is 2. The van der Waals surface area contributed by atoms with E-state index in [0.717, 1.165) is 23.6 Å². The maximum Gasteiger partial charge on any atom is 0.341 e. The van der Waals surface area contributed by atoms with Crippen LogP contribution in [0, 0.1) is 16.2 Å². The molecule has 2 bridgehead atoms. The Balaban J connectivity index is 1.78. The molecular formula is C23H23Br3O4. The van der Waals surface area contributed by atoms with Gasteiger partial charge < -0.3 is 9.47 Å². The zero-order valence-electron chi connectivity index (χ0n) is 17.0. The van der Waals surface area contributed by atoms with Crippen molar-refractivity contribution in [2.24, 2.45) is 16.2 Å². The molecule has 0 radical (unpaired) electrons. The normalized spacial score (nSPS) is 29.0. The van der Waals surface area contributed by atoms with Crippen LogP contribution in [0.4, 0.5) is 0 Å². The number of rotatable bonds is 5. The summed E-state index contributed by atoms with van der Waals surface area (Å²) >= 11 is 11.2. The minimum absolute atomic E-state index is 0.0373. The van der Waals surface area contributed by atoms with E-state index in [1.807, 2.05) is 30.3 Å². The summed E-state index contributed by atoms with van der Waals surface area (Å²) in [4.78, 5) is 26.3. The van der Waals surface area contributed by atoms with Crippen molar-refractivity contribution in [3.05, 3.63) is 42.0 Å². The molecule has 3 unspecified atom stereocenters. The molecule has 5 rings (SSSR count). The molecule has 2 aromatic carbocycles. The number of esters is 2. The van der Waals surface area contributed by atoms with Crippen LogP contribution < -0.4 is 4.74 Å². The molecule has 0 N–H and O–H groups in total. The first-order valence-electron chi connectivity index (χ1n) is 9.98. The molecule has 3 saturated carbocycles. The zero-order valence-corrected chi connectivity index (χ0v) is 21.8. The second-order valence-corrected chi connectivity index (χ2v) is 12.5. The van der Waals surface area contributed by atoms with Gasteiger partial charge >= 0.3 is 11.9 Å². The van der Waals surface area contributed by atoms with Gasteiger partial charge in [-0.05, 0) is 36.6 Å². The van der Waals surface area contributed by atoms with Gasteiger partial charge in [0.05, 0.1) is 15.8 Å². The first-order valence-corrected chi connectivity index (χ1v) is 12.7. The molecule has 160 valence electrons. The highest BCUT2D eigenvalue weighted by Crippen LogP contribution is 2.82. The third kappa shape index (κ3) is 2.67. The van der Waals surface area contributed by atoms with Gasteiger partial charge in [0, 0.05) is 15.6 Å². The van der Waals surface area contributed by atoms with Crippen molar-refractivity contribution in [1.82, 2.24) is 0 Å². The maximum absolute atomic E-state index is 13.7. The van der Waals surface area contributed by atoms with E-state index in [-0.39, 0.29) is 43.3 Å². The smallest absolute Gasteiger partial charge is 0.341 e. The summed E-state index contributed by atoms with van der Waals surface area (Å²) < 4.78 is 11.4. The lowest BCUT2D eigenvalue weighted by atomic mass is 9.43. The molecule has 2 aromatic rings. The SMILES string of the molecule is CCOC(=O)c1ccc2ccccc2c1OC(=O)C12CCC(C(Br)Br)(C1Br)C2(C)C. The van der Waals surface area contributed by atoms with Gasteiger partial charge in [-0.15, -0.1) is 0 Å². The number of ether oxygens (including phenoxy) is 2. The van der Waals surface area contributed by atoms with Crippen molar-refractivity contribution < 1.29 is 19.1 Å². The van der Waals surface area contributed by atoms with E-state index in [1.54, 1.807) is 13.0 Å². The van der Waals surface area contributed by atoms with E-state index < -0.39 is 11.4 Å². The van der Waals surface area contributed by atoms with E-state index >= 15 is 0 Å². The Bertz CT molecular complexity index is 1030. The molecule has 7 heteroatoms. The Morgan fingerprint density at radius 2 is 1.83 bits per heavy atom. The number of benzene rings is 2. The molecule has 0 aliphatic heterocycles. The van der Waals surface area contributed by atoms with Gasteiger partial charge in [-0.3, -0.25) is 4.79 Å². The molecule has 0 heterocycles. The Hall–Kier alpha value is -0.920. The zero-order chi connectivity index (χ0) is 21.9. The summed E-state index contributed by atoms with van der Waals surface area (Å²) in [7, 11) is 0. The van der Waals surface area contributed by atoms with Gasteiger partial charge in [-0.1, -0.05) is 92.0 Å². The lowest BCUT2D eigenvalue weighted by Gasteiger charge is -2.65. The predicted octanol–water partition coefficient (Wildman–Crippen LogP) is 6.61. The van der Waals surface area contributed by atoms with Crippen molar-refractivity contribution in [2.45, 2.75) is 42.2 Å². The van der Waals surface area contributed by atoms with Crippen LogP contribution in [0.5, 0.6) is 5.75 Å². The molecule has 30 heavy (non-hydrogen) atoms. The third-order valence-corrected chi connectivity index (χ3v) is 10.7. The standard InChI is InChI=1S/C23H23Br3O4/c1-4-29-17(27)15-10-9-13-7-5-6-8-14(13)16(15)30-20(28)23-12-11-22(18(23)24,19(25)26)21(23,2)3/h5-10,18-19H,4,11-12H2,1-3H3. The van der Waals surface area contributed by atoms with Crippen LogP contribution in [0.25, 0.3) is 10.8 Å². The third-order valence-electron chi connectivity index (χ3n) is 7.42. The number of alkyl halides is 3. The first kappa shape index (κ1) is 22.3. The van der Waals surface area contributed by atoms with E-state index in [2.05, 4.69) is 61.6 Å². The minimum atomic E-state index is -0.671. The fourth-order valence-corrected chi connectivity index (χ4v) is 10.4. The minimum Gasteiger partial charge on any atom is -0.462 e. The van der Waals surface area contributed by atoms with Gasteiger partial charge in [0.1, 0.15) is 5.56 Å². The number of hydrogen-bond acceptors (Lipinski definition) is 4. The van der Waals surface area contributed by atoms with E-state index in [0.29, 0.717) is 0 Å². The van der Waals surface area contributed by atoms with Gasteiger partial charge in [0.15, 0.2) is 5.75 Å². The largest absolute Gasteiger partial charge is 0.462 e. The van der Waals surface area contributed by atoms with Crippen molar-refractivity contribution in [2.75, 3.05) is 6.61 Å². The lowest BCUT2D eigenvalue weighted by Crippen LogP contribution is -2.71. The fourth-order valence-electron chi connectivity index (χ4n) is 5.55. The fraction of sp³-hybridized carbons (Fsp3) is 0.478. The summed E-state index contributed by atoms with van der Waals surface area (Å²) in [5.41, 5.74) is -0.797. The highest BCUT2D eigenvalue weighted by Gasteiger charge is 2.84. The van der Waals surface area contributed by atoms with Crippen molar-refractivity contribution in [3.8, 4) is 5.75 Å². The maximum atomic E-state index is 13.7. The van der Waals surface area contributed by atoms with Crippen LogP contribution in [-0.2, 0) is 9.53 Å². The Labute approximate surface area is 201 Å². The van der Waals surface area contributed by atoms with Crippen LogP contribution in [0.3, 0.4) is 0 Å². The Kier molecular flexibility index (Phi) is 5.64. The van der Waals surface area contributed by atoms with Crippen molar-refractivity contribution in [3.63, 3.8) is 0 Å². The van der Waals surface area contributed by atoms with Gasteiger partial charge in [0.25, 0.3) is 0 Å². The quantitative estimate of drug-likeness (QED) is 0.220. The lowest BCUT2D eigenvalue weighted by molar-refractivity contribution is -0.176. The number of halogens is 3. The number of hydrogen-bond donors (Lipinski definition) is 0. The molecule has 0 aromatic heterocycles. The summed E-state index contributed by atoms with van der Waals surface area (Å²) in [6.07, 6.45) is 1.62. The Morgan fingerprint density at radius 3 is 2.43 bits per heavy atom. The van der Waals surface area contributed by atoms with Crippen LogP contribution in [0.1, 0.15) is 44.0 Å². The molecule has 3 aliphatic rings. The van der Waals surface area contributed by atoms with E-state index in [1.165, 1.54) is 0 Å². The second kappa shape index (κ2) is 7.59. The number of carbonyl (C=O) groups is 2. The Morgan fingerprint density at radius 1 is 1.13 bits per heavy atom. The summed E-state index contributed by atoms with van der Waals surface area (Å²) in [5, 5.41) is 1.62. The van der Waals surface area contributed by atoms with E-state index in [4.69, 9.17) is 9.47 Å². The topological polar surface area (TPSA) is 52.6 Å². The molecule has 0 spiro atoms. The van der Waals surface area contributed by atoms with E-state index in [9.17, 15) is 9.59 Å². The molecule has 4 nitrogen and oxygen atoms in total. The first-order chi connectivity index (χ1) is 14.1. The number of fused-ring (bicyclic) bond motifs is 2. The molecular weight excluding hydrogens is 580 g/mol. The second-order valence-electron chi connectivity index (χ2n) is 8.57. The molecule has 3 atom stereocenters. The average molecular weight is 603 g/mol. The summed E-state index contributed by atoms with van der Waals surface area (Å²) in [5.74, 6) is -0.515. The van der Waals surface area contributed by atoms with Gasteiger partial charge in [0.2, 0.25) is 0 Å². The molecule has 3 aliphatic carbocycles. The van der Waals surface area contributed by atoms with Crippen molar-refractivity contribution in [1.29, 1.82) is 0 Å². The van der Waals surface area contributed by atoms with Gasteiger partial charge in [-0.25, -0.2) is 4.79 Å². The predicted molar refractivity (Wildman–Crippen MR) is 128 cm³/mol. The van der Waals surface area contributed by atoms with Crippen LogP contribution in [0.2, 0.25) is 0 Å². The monoisotopic (exact) mass is 600 g/mol. The van der Waals surface area contributed by atoms with Gasteiger partial charge in [-0.2, -0.15) is 0 Å².